The summed E-state index contributed by atoms with van der Waals surface area (Å²) in [5.74, 6) is 0. The maximum Gasteiger partial charge on any atom is 0.317 e. The molecule has 8 heteroatoms. The van der Waals surface area contributed by atoms with Crippen LogP contribution in [0.25, 0.3) is 5.69 Å². The fraction of sp³-hybridized carbons (Fsp3) is 0.417. The minimum atomic E-state index is -0.0848. The van der Waals surface area contributed by atoms with Crippen LogP contribution in [0.5, 0.6) is 0 Å². The second kappa shape index (κ2) is 6.02. The molecule has 0 unspecified atom stereocenters. The van der Waals surface area contributed by atoms with E-state index in [9.17, 15) is 4.79 Å². The van der Waals surface area contributed by atoms with Gasteiger partial charge in [0.25, 0.3) is 0 Å². The monoisotopic (exact) mass is 293 g/mol. The minimum Gasteiger partial charge on any atom is -0.378 e. The van der Waals surface area contributed by atoms with Crippen LogP contribution in [0.4, 0.5) is 4.79 Å². The molecule has 1 N–H and O–H groups in total. The molecule has 1 fully saturated rings. The highest BCUT2D eigenvalue weighted by Crippen LogP contribution is 2.10. The number of nitrogens with one attached hydrogen (secondary N) is 1. The Labute approximate surface area is 120 Å². The second-order valence-electron chi connectivity index (χ2n) is 4.39. The molecule has 1 aliphatic rings. The molecule has 2 aromatic rings. The molecule has 1 aliphatic heterocycles. The third-order valence-electron chi connectivity index (χ3n) is 3.03. The molecule has 0 aliphatic carbocycles. The van der Waals surface area contributed by atoms with Gasteiger partial charge in [-0.15, -0.1) is 5.10 Å². The van der Waals surface area contributed by atoms with Crippen molar-refractivity contribution < 1.29 is 9.53 Å². The molecule has 0 atom stereocenters. The molecule has 3 heterocycles. The molecule has 0 radical (unpaired) electrons. The number of morpholine rings is 1. The molecule has 20 heavy (non-hydrogen) atoms. The second-order valence-corrected chi connectivity index (χ2v) is 5.17. The van der Waals surface area contributed by atoms with Crippen LogP contribution in [0.15, 0.2) is 23.0 Å². The zero-order valence-electron chi connectivity index (χ0n) is 10.9. The number of nitrogens with zero attached hydrogens (tertiary/aromatic N) is 4. The smallest absolute Gasteiger partial charge is 0.317 e. The van der Waals surface area contributed by atoms with Crippen molar-refractivity contribution in [3.63, 3.8) is 0 Å². The highest BCUT2D eigenvalue weighted by molar-refractivity contribution is 7.08. The van der Waals surface area contributed by atoms with Gasteiger partial charge in [0.1, 0.15) is 5.69 Å². The number of rotatable bonds is 3. The summed E-state index contributed by atoms with van der Waals surface area (Å²) in [4.78, 5) is 13.7. The van der Waals surface area contributed by atoms with Crippen LogP contribution in [0.3, 0.4) is 0 Å². The van der Waals surface area contributed by atoms with Gasteiger partial charge in [0, 0.05) is 18.5 Å². The van der Waals surface area contributed by atoms with E-state index in [1.807, 2.05) is 23.0 Å². The highest BCUT2D eigenvalue weighted by Gasteiger charge is 2.16. The molecule has 0 saturated carbocycles. The lowest BCUT2D eigenvalue weighted by atomic mass is 10.4. The first-order valence-corrected chi connectivity index (χ1v) is 7.31. The van der Waals surface area contributed by atoms with Crippen LogP contribution in [0, 0.1) is 0 Å². The summed E-state index contributed by atoms with van der Waals surface area (Å²) in [6.07, 6.45) is 1.82. The molecule has 0 spiro atoms. The lowest BCUT2D eigenvalue weighted by molar-refractivity contribution is 0.0531. The van der Waals surface area contributed by atoms with Crippen molar-refractivity contribution >= 4 is 17.4 Å². The zero-order valence-corrected chi connectivity index (χ0v) is 11.7. The Morgan fingerprint density at radius 3 is 3.05 bits per heavy atom. The first kappa shape index (κ1) is 13.1. The summed E-state index contributed by atoms with van der Waals surface area (Å²) in [6.45, 7) is 2.84. The predicted molar refractivity (Wildman–Crippen MR) is 73.9 cm³/mol. The van der Waals surface area contributed by atoms with Crippen molar-refractivity contribution in [2.24, 2.45) is 0 Å². The van der Waals surface area contributed by atoms with Crippen LogP contribution in [0.2, 0.25) is 0 Å². The fourth-order valence-electron chi connectivity index (χ4n) is 1.94. The molecule has 3 rings (SSSR count). The number of amides is 2. The predicted octanol–water partition coefficient (Wildman–Crippen LogP) is 0.871. The van der Waals surface area contributed by atoms with E-state index in [0.717, 1.165) is 11.4 Å². The van der Waals surface area contributed by atoms with Crippen LogP contribution in [0.1, 0.15) is 5.69 Å². The van der Waals surface area contributed by atoms with E-state index in [4.69, 9.17) is 4.74 Å². The van der Waals surface area contributed by atoms with E-state index in [-0.39, 0.29) is 6.03 Å². The molecule has 2 amide bonds. The molecule has 0 aromatic carbocycles. The molecule has 1 saturated heterocycles. The van der Waals surface area contributed by atoms with Crippen molar-refractivity contribution in [1.82, 2.24) is 25.2 Å². The topological polar surface area (TPSA) is 72.3 Å². The van der Waals surface area contributed by atoms with Gasteiger partial charge in [-0.3, -0.25) is 0 Å². The Hall–Kier alpha value is -1.93. The van der Waals surface area contributed by atoms with Crippen molar-refractivity contribution in [2.75, 3.05) is 26.3 Å². The highest BCUT2D eigenvalue weighted by atomic mass is 32.1. The third kappa shape index (κ3) is 2.97. The summed E-state index contributed by atoms with van der Waals surface area (Å²) in [5.41, 5.74) is 1.71. The van der Waals surface area contributed by atoms with Gasteiger partial charge >= 0.3 is 6.03 Å². The summed E-state index contributed by atoms with van der Waals surface area (Å²) in [7, 11) is 0. The largest absolute Gasteiger partial charge is 0.378 e. The van der Waals surface area contributed by atoms with E-state index >= 15 is 0 Å². The fourth-order valence-corrected chi connectivity index (χ4v) is 2.56. The first-order chi connectivity index (χ1) is 9.83. The van der Waals surface area contributed by atoms with Gasteiger partial charge in [-0.2, -0.15) is 11.3 Å². The molecule has 0 bridgehead atoms. The average Bonchev–Trinajstić information content (AvgIpc) is 3.16. The molecular weight excluding hydrogens is 278 g/mol. The number of thiophene rings is 1. The van der Waals surface area contributed by atoms with Crippen molar-refractivity contribution in [3.8, 4) is 5.69 Å². The van der Waals surface area contributed by atoms with Gasteiger partial charge in [-0.05, 0) is 11.4 Å². The van der Waals surface area contributed by atoms with E-state index < -0.39 is 0 Å². The van der Waals surface area contributed by atoms with E-state index in [1.54, 1.807) is 20.9 Å². The van der Waals surface area contributed by atoms with Gasteiger partial charge in [0.05, 0.1) is 31.6 Å². The van der Waals surface area contributed by atoms with Crippen LogP contribution >= 0.6 is 11.3 Å². The lowest BCUT2D eigenvalue weighted by Gasteiger charge is -2.26. The quantitative estimate of drug-likeness (QED) is 0.911. The van der Waals surface area contributed by atoms with Crippen LogP contribution in [-0.2, 0) is 11.3 Å². The lowest BCUT2D eigenvalue weighted by Crippen LogP contribution is -2.45. The Morgan fingerprint density at radius 2 is 2.30 bits per heavy atom. The number of carbonyl (C=O) groups is 1. The Kier molecular flexibility index (Phi) is 3.93. The summed E-state index contributed by atoms with van der Waals surface area (Å²) < 4.78 is 6.91. The third-order valence-corrected chi connectivity index (χ3v) is 3.70. The number of aromatic nitrogens is 3. The van der Waals surface area contributed by atoms with E-state index in [1.165, 1.54) is 0 Å². The molecule has 2 aromatic heterocycles. The standard InChI is InChI=1S/C12H15N5O2S/c18-12(16-2-4-19-5-3-16)13-7-10-8-17(15-14-10)11-1-6-20-9-11/h1,6,8-9H,2-5,7H2,(H,13,18). The van der Waals surface area contributed by atoms with Crippen LogP contribution < -0.4 is 5.32 Å². The number of hydrogen-bond donors (Lipinski definition) is 1. The SMILES string of the molecule is O=C(NCc1cn(-c2ccsc2)nn1)N1CCOCC1. The van der Waals surface area contributed by atoms with Gasteiger partial charge in [0.15, 0.2) is 0 Å². The van der Waals surface area contributed by atoms with E-state index in [0.29, 0.717) is 32.8 Å². The first-order valence-electron chi connectivity index (χ1n) is 6.37. The summed E-state index contributed by atoms with van der Waals surface area (Å²) in [6, 6.07) is 1.88. The number of hydrogen-bond acceptors (Lipinski definition) is 5. The summed E-state index contributed by atoms with van der Waals surface area (Å²) >= 11 is 1.60. The molecular formula is C12H15N5O2S. The van der Waals surface area contributed by atoms with Gasteiger partial charge in [-0.25, -0.2) is 9.48 Å². The molecule has 7 nitrogen and oxygen atoms in total. The number of urea groups is 1. The number of carbonyl (C=O) groups excluding carboxylic acids is 1. The molecule has 106 valence electrons. The van der Waals surface area contributed by atoms with Gasteiger partial charge in [-0.1, -0.05) is 5.21 Å². The van der Waals surface area contributed by atoms with Crippen LogP contribution in [-0.4, -0.2) is 52.2 Å². The van der Waals surface area contributed by atoms with Crippen molar-refractivity contribution in [2.45, 2.75) is 6.54 Å². The Morgan fingerprint density at radius 1 is 1.45 bits per heavy atom. The van der Waals surface area contributed by atoms with Gasteiger partial charge < -0.3 is 15.0 Å². The Balaban J connectivity index is 1.54. The zero-order chi connectivity index (χ0) is 13.8. The van der Waals surface area contributed by atoms with E-state index in [2.05, 4.69) is 15.6 Å². The minimum absolute atomic E-state index is 0.0848. The Bertz CT molecular complexity index is 562. The van der Waals surface area contributed by atoms with Crippen molar-refractivity contribution in [1.29, 1.82) is 0 Å². The number of ether oxygens (including phenoxy) is 1. The maximum atomic E-state index is 11.9. The van der Waals surface area contributed by atoms with Gasteiger partial charge in [0.2, 0.25) is 0 Å². The van der Waals surface area contributed by atoms with Crippen molar-refractivity contribution in [3.05, 3.63) is 28.7 Å². The maximum absolute atomic E-state index is 11.9. The average molecular weight is 293 g/mol. The normalized spacial score (nSPS) is 15.3. The summed E-state index contributed by atoms with van der Waals surface area (Å²) in [5, 5.41) is 14.9.